The Morgan fingerprint density at radius 3 is 2.78 bits per heavy atom. The molecule has 1 aliphatic carbocycles. The van der Waals surface area contributed by atoms with E-state index >= 15 is 0 Å². The minimum absolute atomic E-state index is 0.218. The number of carbonyl (C=O) groups excluding carboxylic acids is 1. The molecule has 1 aromatic carbocycles. The Balaban J connectivity index is 2.01. The van der Waals surface area contributed by atoms with Crippen molar-refractivity contribution in [1.29, 1.82) is 0 Å². The highest BCUT2D eigenvalue weighted by atomic mass is 79.9. The van der Waals surface area contributed by atoms with Crippen molar-refractivity contribution in [2.45, 2.75) is 31.3 Å². The van der Waals surface area contributed by atoms with Gasteiger partial charge in [0.1, 0.15) is 0 Å². The molecule has 3 nitrogen and oxygen atoms in total. The van der Waals surface area contributed by atoms with Gasteiger partial charge < -0.3 is 10.4 Å². The Hall–Kier alpha value is -0.580. The average Bonchev–Trinajstić information content (AvgIpc) is 2.77. The van der Waals surface area contributed by atoms with Gasteiger partial charge in [-0.1, -0.05) is 24.4 Å². The maximum atomic E-state index is 12.0. The second-order valence-electron chi connectivity index (χ2n) is 4.74. The highest BCUT2D eigenvalue weighted by Gasteiger charge is 2.31. The number of aliphatic hydroxyl groups is 1. The van der Waals surface area contributed by atoms with Gasteiger partial charge >= 0.3 is 0 Å². The van der Waals surface area contributed by atoms with Gasteiger partial charge in [0.25, 0.3) is 5.91 Å². The number of rotatable bonds is 3. The maximum Gasteiger partial charge on any atom is 0.252 e. The summed E-state index contributed by atoms with van der Waals surface area (Å²) in [5.74, 6) is -0.218. The second kappa shape index (κ2) is 5.59. The molecule has 0 heterocycles. The molecule has 2 N–H and O–H groups in total. The summed E-state index contributed by atoms with van der Waals surface area (Å²) in [5, 5.41) is 13.4. The van der Waals surface area contributed by atoms with Gasteiger partial charge in [0, 0.05) is 16.0 Å². The number of benzene rings is 1. The Morgan fingerprint density at radius 2 is 2.11 bits per heavy atom. The van der Waals surface area contributed by atoms with Gasteiger partial charge in [0.05, 0.1) is 11.2 Å². The molecule has 2 rings (SSSR count). The lowest BCUT2D eigenvalue weighted by Gasteiger charge is -2.22. The number of carbonyl (C=O) groups is 1. The zero-order valence-electron chi connectivity index (χ0n) is 9.88. The fraction of sp³-hybridized carbons (Fsp3) is 0.462. The number of hydrogen-bond donors (Lipinski definition) is 2. The first-order valence-corrected chi connectivity index (χ1v) is 7.13. The van der Waals surface area contributed by atoms with E-state index < -0.39 is 5.60 Å². The van der Waals surface area contributed by atoms with Gasteiger partial charge in [0.2, 0.25) is 0 Å². The van der Waals surface area contributed by atoms with E-state index in [0.29, 0.717) is 21.6 Å². The molecular formula is C13H15BrClNO2. The monoisotopic (exact) mass is 331 g/mol. The van der Waals surface area contributed by atoms with E-state index in [0.717, 1.165) is 25.7 Å². The third kappa shape index (κ3) is 3.25. The summed E-state index contributed by atoms with van der Waals surface area (Å²) in [6.07, 6.45) is 3.55. The first-order chi connectivity index (χ1) is 8.50. The molecule has 1 aromatic rings. The zero-order chi connectivity index (χ0) is 13.2. The van der Waals surface area contributed by atoms with Crippen LogP contribution in [0.15, 0.2) is 22.7 Å². The predicted octanol–water partition coefficient (Wildman–Crippen LogP) is 3.14. The molecule has 98 valence electrons. The molecule has 5 heteroatoms. The summed E-state index contributed by atoms with van der Waals surface area (Å²) in [6, 6.07) is 5.06. The molecule has 1 amide bonds. The maximum absolute atomic E-state index is 12.0. The summed E-state index contributed by atoms with van der Waals surface area (Å²) in [4.78, 5) is 12.0. The topological polar surface area (TPSA) is 49.3 Å². The first kappa shape index (κ1) is 13.8. The van der Waals surface area contributed by atoms with Gasteiger partial charge in [-0.25, -0.2) is 0 Å². The van der Waals surface area contributed by atoms with Crippen LogP contribution in [0.1, 0.15) is 36.0 Å². The van der Waals surface area contributed by atoms with Crippen LogP contribution in [0.5, 0.6) is 0 Å². The standard InChI is InChI=1S/C13H15BrClNO2/c14-11-4-3-9(15)7-10(11)12(17)16-8-13(18)5-1-2-6-13/h3-4,7,18H,1-2,5-6,8H2,(H,16,17). The van der Waals surface area contributed by atoms with Crippen molar-refractivity contribution in [3.8, 4) is 0 Å². The van der Waals surface area contributed by atoms with Crippen LogP contribution in [-0.2, 0) is 0 Å². The summed E-state index contributed by atoms with van der Waals surface area (Å²) in [7, 11) is 0. The largest absolute Gasteiger partial charge is 0.388 e. The van der Waals surface area contributed by atoms with Gasteiger partial charge in [-0.2, -0.15) is 0 Å². The van der Waals surface area contributed by atoms with Crippen LogP contribution in [-0.4, -0.2) is 23.2 Å². The van der Waals surface area contributed by atoms with Gasteiger partial charge in [0.15, 0.2) is 0 Å². The number of hydrogen-bond acceptors (Lipinski definition) is 2. The first-order valence-electron chi connectivity index (χ1n) is 5.96. The van der Waals surface area contributed by atoms with Crippen LogP contribution in [0.2, 0.25) is 5.02 Å². The third-order valence-corrected chi connectivity index (χ3v) is 4.21. The van der Waals surface area contributed by atoms with Crippen LogP contribution in [0.3, 0.4) is 0 Å². The molecule has 0 unspecified atom stereocenters. The van der Waals surface area contributed by atoms with Crippen LogP contribution in [0.4, 0.5) is 0 Å². The van der Waals surface area contributed by atoms with E-state index in [-0.39, 0.29) is 5.91 Å². The van der Waals surface area contributed by atoms with Crippen molar-refractivity contribution in [3.63, 3.8) is 0 Å². The van der Waals surface area contributed by atoms with E-state index in [1.165, 1.54) is 0 Å². The van der Waals surface area contributed by atoms with E-state index in [2.05, 4.69) is 21.2 Å². The van der Waals surface area contributed by atoms with Crippen LogP contribution < -0.4 is 5.32 Å². The lowest BCUT2D eigenvalue weighted by atomic mass is 10.0. The highest BCUT2D eigenvalue weighted by molar-refractivity contribution is 9.10. The summed E-state index contributed by atoms with van der Waals surface area (Å²) >= 11 is 9.18. The van der Waals surface area contributed by atoms with E-state index in [4.69, 9.17) is 11.6 Å². The van der Waals surface area contributed by atoms with Crippen LogP contribution in [0, 0.1) is 0 Å². The summed E-state index contributed by atoms with van der Waals surface area (Å²) in [6.45, 7) is 0.296. The number of amides is 1. The van der Waals surface area contributed by atoms with Crippen LogP contribution >= 0.6 is 27.5 Å². The molecule has 0 bridgehead atoms. The minimum Gasteiger partial charge on any atom is -0.388 e. The predicted molar refractivity (Wildman–Crippen MR) is 74.9 cm³/mol. The fourth-order valence-electron chi connectivity index (χ4n) is 2.22. The van der Waals surface area contributed by atoms with Crippen LogP contribution in [0.25, 0.3) is 0 Å². The van der Waals surface area contributed by atoms with Gasteiger partial charge in [-0.15, -0.1) is 0 Å². The van der Waals surface area contributed by atoms with Crippen molar-refractivity contribution < 1.29 is 9.90 Å². The number of halogens is 2. The molecule has 18 heavy (non-hydrogen) atoms. The third-order valence-electron chi connectivity index (χ3n) is 3.29. The molecule has 1 aliphatic rings. The van der Waals surface area contributed by atoms with E-state index in [1.54, 1.807) is 18.2 Å². The van der Waals surface area contributed by atoms with E-state index in [9.17, 15) is 9.90 Å². The lowest BCUT2D eigenvalue weighted by molar-refractivity contribution is 0.0449. The van der Waals surface area contributed by atoms with Crippen molar-refractivity contribution in [2.75, 3.05) is 6.54 Å². The minimum atomic E-state index is -0.735. The average molecular weight is 333 g/mol. The Kier molecular flexibility index (Phi) is 4.30. The lowest BCUT2D eigenvalue weighted by Crippen LogP contribution is -2.40. The molecule has 0 saturated heterocycles. The molecule has 0 aliphatic heterocycles. The van der Waals surface area contributed by atoms with Gasteiger partial charge in [-0.3, -0.25) is 4.79 Å². The molecule has 0 atom stereocenters. The van der Waals surface area contributed by atoms with Crippen molar-refractivity contribution in [1.82, 2.24) is 5.32 Å². The molecule has 0 aromatic heterocycles. The summed E-state index contributed by atoms with van der Waals surface area (Å²) < 4.78 is 0.697. The zero-order valence-corrected chi connectivity index (χ0v) is 12.2. The molecular weight excluding hydrogens is 318 g/mol. The van der Waals surface area contributed by atoms with E-state index in [1.807, 2.05) is 0 Å². The Labute approximate surface area is 120 Å². The van der Waals surface area contributed by atoms with Crippen molar-refractivity contribution in [3.05, 3.63) is 33.3 Å². The normalized spacial score (nSPS) is 17.7. The second-order valence-corrected chi connectivity index (χ2v) is 6.03. The smallest absolute Gasteiger partial charge is 0.252 e. The fourth-order valence-corrected chi connectivity index (χ4v) is 2.82. The Morgan fingerprint density at radius 1 is 1.44 bits per heavy atom. The Bertz CT molecular complexity index is 458. The highest BCUT2D eigenvalue weighted by Crippen LogP contribution is 2.29. The SMILES string of the molecule is O=C(NCC1(O)CCCC1)c1cc(Cl)ccc1Br. The molecule has 0 radical (unpaired) electrons. The molecule has 0 spiro atoms. The molecule has 1 fully saturated rings. The van der Waals surface area contributed by atoms with Crippen molar-refractivity contribution in [2.24, 2.45) is 0 Å². The quantitative estimate of drug-likeness (QED) is 0.893. The van der Waals surface area contributed by atoms with Crippen molar-refractivity contribution >= 4 is 33.4 Å². The summed E-state index contributed by atoms with van der Waals surface area (Å²) in [5.41, 5.74) is -0.246. The molecule has 1 saturated carbocycles. The number of nitrogens with one attached hydrogen (secondary N) is 1. The van der Waals surface area contributed by atoms with Gasteiger partial charge in [-0.05, 0) is 47.0 Å².